The lowest BCUT2D eigenvalue weighted by Gasteiger charge is -2.21. The van der Waals surface area contributed by atoms with Gasteiger partial charge >= 0.3 is 0 Å². The van der Waals surface area contributed by atoms with E-state index in [1.165, 1.54) is 0 Å². The molecule has 2 rings (SSSR count). The SMILES string of the molecule is Cc1csc2c(=S)cc(N(CCO)CCO)oc12. The predicted molar refractivity (Wildman–Crippen MR) is 76.0 cm³/mol. The molecule has 0 bridgehead atoms. The van der Waals surface area contributed by atoms with E-state index in [-0.39, 0.29) is 13.2 Å². The van der Waals surface area contributed by atoms with Crippen molar-refractivity contribution in [2.45, 2.75) is 6.92 Å². The van der Waals surface area contributed by atoms with Gasteiger partial charge in [0.15, 0.2) is 11.5 Å². The molecule has 0 aliphatic heterocycles. The van der Waals surface area contributed by atoms with Gasteiger partial charge in [0.1, 0.15) is 0 Å². The van der Waals surface area contributed by atoms with Crippen molar-refractivity contribution >= 4 is 39.7 Å². The first kappa shape index (κ1) is 13.5. The monoisotopic (exact) mass is 285 g/mol. The van der Waals surface area contributed by atoms with Crippen molar-refractivity contribution in [3.8, 4) is 0 Å². The first-order valence-electron chi connectivity index (χ1n) is 5.66. The largest absolute Gasteiger partial charge is 0.439 e. The average Bonchev–Trinajstić information content (AvgIpc) is 2.72. The minimum atomic E-state index is 0.00291. The molecule has 2 aromatic rings. The van der Waals surface area contributed by atoms with Crippen LogP contribution in [0.4, 0.5) is 5.88 Å². The van der Waals surface area contributed by atoms with Crippen LogP contribution in [0.25, 0.3) is 10.3 Å². The van der Waals surface area contributed by atoms with Gasteiger partial charge in [-0.2, -0.15) is 0 Å². The molecule has 18 heavy (non-hydrogen) atoms. The van der Waals surface area contributed by atoms with Crippen molar-refractivity contribution in [1.29, 1.82) is 0 Å². The van der Waals surface area contributed by atoms with Gasteiger partial charge in [0, 0.05) is 24.7 Å². The van der Waals surface area contributed by atoms with Crippen LogP contribution in [0.5, 0.6) is 0 Å². The molecule has 0 aliphatic rings. The molecule has 98 valence electrons. The molecular formula is C12H15NO3S2. The average molecular weight is 285 g/mol. The maximum atomic E-state index is 9.03. The summed E-state index contributed by atoms with van der Waals surface area (Å²) in [6.07, 6.45) is 0. The second-order valence-corrected chi connectivity index (χ2v) is 5.28. The summed E-state index contributed by atoms with van der Waals surface area (Å²) in [4.78, 5) is 1.78. The van der Waals surface area contributed by atoms with Gasteiger partial charge in [-0.15, -0.1) is 11.3 Å². The van der Waals surface area contributed by atoms with Gasteiger partial charge in [0.25, 0.3) is 0 Å². The Hall–Kier alpha value is -0.950. The molecule has 0 aliphatic carbocycles. The highest BCUT2D eigenvalue weighted by Gasteiger charge is 2.12. The zero-order valence-electron chi connectivity index (χ0n) is 10.0. The van der Waals surface area contributed by atoms with Crippen LogP contribution < -0.4 is 4.90 Å². The Morgan fingerprint density at radius 3 is 2.61 bits per heavy atom. The smallest absolute Gasteiger partial charge is 0.197 e. The number of aliphatic hydroxyl groups is 2. The first-order valence-corrected chi connectivity index (χ1v) is 6.94. The Balaban J connectivity index is 2.49. The standard InChI is InChI=1S/C12H15NO3S2/c1-8-7-18-12-9(17)6-10(16-11(8)12)13(2-4-14)3-5-15/h6-7,14-15H,2-5H2,1H3. The van der Waals surface area contributed by atoms with E-state index in [9.17, 15) is 0 Å². The number of fused-ring (bicyclic) bond motifs is 1. The fourth-order valence-corrected chi connectivity index (χ4v) is 3.00. The molecule has 2 aromatic heterocycles. The zero-order valence-corrected chi connectivity index (χ0v) is 11.7. The van der Waals surface area contributed by atoms with Gasteiger partial charge in [-0.3, -0.25) is 0 Å². The van der Waals surface area contributed by atoms with Crippen LogP contribution in [-0.4, -0.2) is 36.5 Å². The van der Waals surface area contributed by atoms with E-state index in [1.807, 2.05) is 12.3 Å². The minimum absolute atomic E-state index is 0.00291. The number of hydrogen-bond donors (Lipinski definition) is 2. The molecule has 0 radical (unpaired) electrons. The molecule has 0 fully saturated rings. The van der Waals surface area contributed by atoms with Gasteiger partial charge in [0.2, 0.25) is 0 Å². The summed E-state index contributed by atoms with van der Waals surface area (Å²) in [5, 5.41) is 20.1. The molecule has 6 heteroatoms. The van der Waals surface area contributed by atoms with Crippen molar-refractivity contribution in [2.24, 2.45) is 0 Å². The zero-order chi connectivity index (χ0) is 13.1. The summed E-state index contributed by atoms with van der Waals surface area (Å²) < 4.78 is 7.54. The first-order chi connectivity index (χ1) is 8.67. The lowest BCUT2D eigenvalue weighted by Crippen LogP contribution is -2.29. The van der Waals surface area contributed by atoms with Crippen molar-refractivity contribution < 1.29 is 14.6 Å². The number of nitrogens with zero attached hydrogens (tertiary/aromatic N) is 1. The van der Waals surface area contributed by atoms with Gasteiger partial charge in [0.05, 0.1) is 22.4 Å². The maximum absolute atomic E-state index is 9.03. The maximum Gasteiger partial charge on any atom is 0.197 e. The Morgan fingerprint density at radius 2 is 2.00 bits per heavy atom. The fraction of sp³-hybridized carbons (Fsp3) is 0.417. The minimum Gasteiger partial charge on any atom is -0.439 e. The number of anilines is 1. The van der Waals surface area contributed by atoms with Gasteiger partial charge < -0.3 is 19.5 Å². The predicted octanol–water partition coefficient (Wildman–Crippen LogP) is 2.32. The van der Waals surface area contributed by atoms with Crippen LogP contribution in [0.2, 0.25) is 0 Å². The Bertz CT molecular complexity index is 585. The summed E-state index contributed by atoms with van der Waals surface area (Å²) >= 11 is 6.91. The van der Waals surface area contributed by atoms with Crippen LogP contribution in [0.15, 0.2) is 15.9 Å². The summed E-state index contributed by atoms with van der Waals surface area (Å²) in [6, 6.07) is 1.78. The van der Waals surface area contributed by atoms with E-state index in [2.05, 4.69) is 0 Å². The molecule has 0 unspecified atom stereocenters. The van der Waals surface area contributed by atoms with Crippen molar-refractivity contribution in [3.05, 3.63) is 21.5 Å². The van der Waals surface area contributed by atoms with E-state index in [1.54, 1.807) is 22.3 Å². The van der Waals surface area contributed by atoms with Crippen molar-refractivity contribution in [3.63, 3.8) is 0 Å². The van der Waals surface area contributed by atoms with E-state index in [4.69, 9.17) is 26.8 Å². The highest BCUT2D eigenvalue weighted by Crippen LogP contribution is 2.30. The third-order valence-electron chi connectivity index (χ3n) is 2.65. The lowest BCUT2D eigenvalue weighted by atomic mass is 10.3. The van der Waals surface area contributed by atoms with E-state index in [0.29, 0.717) is 19.0 Å². The molecule has 4 nitrogen and oxygen atoms in total. The van der Waals surface area contributed by atoms with E-state index in [0.717, 1.165) is 20.4 Å². The highest BCUT2D eigenvalue weighted by molar-refractivity contribution is 7.72. The third-order valence-corrected chi connectivity index (χ3v) is 4.22. The summed E-state index contributed by atoms with van der Waals surface area (Å²) in [6.45, 7) is 2.80. The Kier molecular flexibility index (Phi) is 4.34. The summed E-state index contributed by atoms with van der Waals surface area (Å²) in [5.74, 6) is 0.595. The quantitative estimate of drug-likeness (QED) is 0.826. The van der Waals surface area contributed by atoms with Crippen LogP contribution in [0, 0.1) is 11.4 Å². The number of rotatable bonds is 5. The number of thiophene rings is 1. The van der Waals surface area contributed by atoms with Crippen molar-refractivity contribution in [2.75, 3.05) is 31.2 Å². The van der Waals surface area contributed by atoms with E-state index < -0.39 is 0 Å². The third kappa shape index (κ3) is 2.56. The lowest BCUT2D eigenvalue weighted by molar-refractivity contribution is 0.277. The fourth-order valence-electron chi connectivity index (χ4n) is 1.77. The molecule has 0 aromatic carbocycles. The van der Waals surface area contributed by atoms with Crippen molar-refractivity contribution in [1.82, 2.24) is 0 Å². The van der Waals surface area contributed by atoms with Crippen LogP contribution >= 0.6 is 23.6 Å². The summed E-state index contributed by atoms with van der Waals surface area (Å²) in [5.41, 5.74) is 1.85. The Labute approximate surface area is 114 Å². The topological polar surface area (TPSA) is 56.8 Å². The molecule has 0 saturated carbocycles. The van der Waals surface area contributed by atoms with E-state index >= 15 is 0 Å². The number of aryl methyl sites for hydroxylation is 1. The molecule has 0 saturated heterocycles. The van der Waals surface area contributed by atoms with Crippen LogP contribution in [0.1, 0.15) is 5.56 Å². The Morgan fingerprint density at radius 1 is 1.33 bits per heavy atom. The molecule has 0 spiro atoms. The second-order valence-electron chi connectivity index (χ2n) is 3.96. The van der Waals surface area contributed by atoms with Crippen LogP contribution in [-0.2, 0) is 0 Å². The van der Waals surface area contributed by atoms with Crippen LogP contribution in [0.3, 0.4) is 0 Å². The molecule has 2 heterocycles. The highest BCUT2D eigenvalue weighted by atomic mass is 32.1. The molecule has 2 N–H and O–H groups in total. The second kappa shape index (κ2) is 5.79. The number of aliphatic hydroxyl groups excluding tert-OH is 2. The van der Waals surface area contributed by atoms with Gasteiger partial charge in [-0.05, 0) is 12.3 Å². The molecular weight excluding hydrogens is 270 g/mol. The molecule has 0 amide bonds. The summed E-state index contributed by atoms with van der Waals surface area (Å²) in [7, 11) is 0. The van der Waals surface area contributed by atoms with Gasteiger partial charge in [-0.1, -0.05) is 12.2 Å². The number of hydrogen-bond acceptors (Lipinski definition) is 6. The van der Waals surface area contributed by atoms with Gasteiger partial charge in [-0.25, -0.2) is 0 Å². The normalized spacial score (nSPS) is 11.1. The molecule has 0 atom stereocenters.